The summed E-state index contributed by atoms with van der Waals surface area (Å²) in [4.78, 5) is 38.6. The van der Waals surface area contributed by atoms with E-state index in [0.717, 1.165) is 5.56 Å². The summed E-state index contributed by atoms with van der Waals surface area (Å²) in [7, 11) is 0. The molecule has 2 rings (SSSR count). The predicted molar refractivity (Wildman–Crippen MR) is 89.1 cm³/mol. The van der Waals surface area contributed by atoms with Gasteiger partial charge in [0.05, 0.1) is 5.41 Å². The number of rotatable bonds is 6. The molecule has 6 heteroatoms. The normalized spacial score (nSPS) is 20.0. The highest BCUT2D eigenvalue weighted by Gasteiger charge is 2.41. The van der Waals surface area contributed by atoms with Crippen molar-refractivity contribution >= 4 is 17.8 Å². The molecule has 1 atom stereocenters. The Morgan fingerprint density at radius 3 is 2.46 bits per heavy atom. The predicted octanol–water partition coefficient (Wildman–Crippen LogP) is 1.75. The molecule has 1 aromatic rings. The molecule has 1 saturated heterocycles. The number of aliphatic carboxylic acids is 1. The molecule has 1 aromatic carbocycles. The van der Waals surface area contributed by atoms with Crippen molar-refractivity contribution in [2.75, 3.05) is 19.6 Å². The van der Waals surface area contributed by atoms with Crippen LogP contribution in [0, 0.1) is 5.41 Å². The van der Waals surface area contributed by atoms with Crippen LogP contribution >= 0.6 is 0 Å². The number of carboxylic acids is 1. The number of carboxylic acid groups (broad SMARTS) is 1. The van der Waals surface area contributed by atoms with Crippen molar-refractivity contribution in [2.24, 2.45) is 5.41 Å². The fraction of sp³-hybridized carbons (Fsp3) is 0.500. The minimum absolute atomic E-state index is 0.0801. The van der Waals surface area contributed by atoms with Gasteiger partial charge in [-0.05, 0) is 18.9 Å². The maximum absolute atomic E-state index is 12.3. The van der Waals surface area contributed by atoms with Gasteiger partial charge in [-0.15, -0.1) is 0 Å². The topological polar surface area (TPSA) is 77.9 Å². The molecule has 0 unspecified atom stereocenters. The number of carbonyl (C=O) groups excluding carboxylic acids is 2. The fourth-order valence-electron chi connectivity index (χ4n) is 2.89. The molecule has 1 heterocycles. The van der Waals surface area contributed by atoms with E-state index in [9.17, 15) is 19.5 Å². The quantitative estimate of drug-likeness (QED) is 0.861. The minimum atomic E-state index is -0.868. The van der Waals surface area contributed by atoms with Gasteiger partial charge in [0.15, 0.2) is 0 Å². The van der Waals surface area contributed by atoms with Crippen LogP contribution in [-0.2, 0) is 20.9 Å². The number of carbonyl (C=O) groups is 3. The Kier molecular flexibility index (Phi) is 5.59. The zero-order chi connectivity index (χ0) is 17.7. The number of likely N-dealkylation sites (tertiary alicyclic amines) is 1. The molecule has 130 valence electrons. The first-order valence-corrected chi connectivity index (χ1v) is 8.12. The van der Waals surface area contributed by atoms with Crippen molar-refractivity contribution in [1.82, 2.24) is 9.80 Å². The molecule has 0 spiro atoms. The fourth-order valence-corrected chi connectivity index (χ4v) is 2.89. The summed E-state index contributed by atoms with van der Waals surface area (Å²) < 4.78 is 0. The number of hydrogen-bond acceptors (Lipinski definition) is 3. The van der Waals surface area contributed by atoms with Crippen LogP contribution in [0.2, 0.25) is 0 Å². The third-order valence-electron chi connectivity index (χ3n) is 4.60. The van der Waals surface area contributed by atoms with E-state index in [1.807, 2.05) is 30.3 Å². The van der Waals surface area contributed by atoms with Gasteiger partial charge in [0.2, 0.25) is 11.8 Å². The van der Waals surface area contributed by atoms with Gasteiger partial charge in [-0.2, -0.15) is 0 Å². The zero-order valence-electron chi connectivity index (χ0n) is 14.2. The van der Waals surface area contributed by atoms with E-state index in [4.69, 9.17) is 0 Å². The first-order chi connectivity index (χ1) is 11.3. The molecule has 24 heavy (non-hydrogen) atoms. The van der Waals surface area contributed by atoms with Crippen LogP contribution in [0.25, 0.3) is 0 Å². The van der Waals surface area contributed by atoms with Gasteiger partial charge in [-0.1, -0.05) is 30.3 Å². The van der Waals surface area contributed by atoms with Crippen LogP contribution in [-0.4, -0.2) is 52.3 Å². The highest BCUT2D eigenvalue weighted by atomic mass is 16.4. The molecule has 0 bridgehead atoms. The summed E-state index contributed by atoms with van der Waals surface area (Å²) in [6.45, 7) is 4.66. The molecule has 0 aliphatic carbocycles. The van der Waals surface area contributed by atoms with Gasteiger partial charge in [0.25, 0.3) is 0 Å². The van der Waals surface area contributed by atoms with Crippen LogP contribution in [0.4, 0.5) is 0 Å². The van der Waals surface area contributed by atoms with Crippen molar-refractivity contribution in [1.29, 1.82) is 0 Å². The van der Waals surface area contributed by atoms with Crippen molar-refractivity contribution in [3.63, 3.8) is 0 Å². The number of hydrogen-bond donors (Lipinski definition) is 1. The molecule has 1 aliphatic rings. The van der Waals surface area contributed by atoms with E-state index in [0.29, 0.717) is 26.1 Å². The Morgan fingerprint density at radius 2 is 1.92 bits per heavy atom. The SMILES string of the molecule is CC(=O)N(CCC(=O)N1CC[C@@](C)(C(=O)O)C1)Cc1ccccc1. The molecular weight excluding hydrogens is 308 g/mol. The molecule has 6 nitrogen and oxygen atoms in total. The Balaban J connectivity index is 1.89. The van der Waals surface area contributed by atoms with Gasteiger partial charge >= 0.3 is 5.97 Å². The summed E-state index contributed by atoms with van der Waals surface area (Å²) in [5.74, 6) is -1.05. The van der Waals surface area contributed by atoms with E-state index in [-0.39, 0.29) is 24.8 Å². The standard InChI is InChI=1S/C18H24N2O4/c1-14(21)19(12-15-6-4-3-5-7-15)10-8-16(22)20-11-9-18(2,13-20)17(23)24/h3-7H,8-13H2,1-2H3,(H,23,24)/t18-/m1/s1. The van der Waals surface area contributed by atoms with Crippen molar-refractivity contribution in [3.05, 3.63) is 35.9 Å². The summed E-state index contributed by atoms with van der Waals surface area (Å²) >= 11 is 0. The highest BCUT2D eigenvalue weighted by molar-refractivity contribution is 5.81. The second kappa shape index (κ2) is 7.47. The van der Waals surface area contributed by atoms with E-state index in [1.54, 1.807) is 16.7 Å². The lowest BCUT2D eigenvalue weighted by Gasteiger charge is -2.24. The first kappa shape index (κ1) is 18.0. The zero-order valence-corrected chi connectivity index (χ0v) is 14.2. The summed E-state index contributed by atoms with van der Waals surface area (Å²) in [6, 6.07) is 9.62. The second-order valence-electron chi connectivity index (χ2n) is 6.61. The average molecular weight is 332 g/mol. The monoisotopic (exact) mass is 332 g/mol. The Hall–Kier alpha value is -2.37. The summed E-state index contributed by atoms with van der Waals surface area (Å²) in [5, 5.41) is 9.24. The van der Waals surface area contributed by atoms with E-state index >= 15 is 0 Å². The molecule has 1 fully saturated rings. The first-order valence-electron chi connectivity index (χ1n) is 8.12. The second-order valence-corrected chi connectivity index (χ2v) is 6.61. The van der Waals surface area contributed by atoms with Gasteiger partial charge in [-0.25, -0.2) is 0 Å². The van der Waals surface area contributed by atoms with Crippen molar-refractivity contribution in [3.8, 4) is 0 Å². The average Bonchev–Trinajstić information content (AvgIpc) is 2.96. The lowest BCUT2D eigenvalue weighted by atomic mass is 9.90. The van der Waals surface area contributed by atoms with Crippen molar-refractivity contribution < 1.29 is 19.5 Å². The lowest BCUT2D eigenvalue weighted by molar-refractivity contribution is -0.147. The van der Waals surface area contributed by atoms with Gasteiger partial charge < -0.3 is 14.9 Å². The molecule has 1 aliphatic heterocycles. The molecular formula is C18H24N2O4. The van der Waals surface area contributed by atoms with E-state index in [2.05, 4.69) is 0 Å². The van der Waals surface area contributed by atoms with Crippen LogP contribution < -0.4 is 0 Å². The third kappa shape index (κ3) is 4.34. The summed E-state index contributed by atoms with van der Waals surface area (Å²) in [5.41, 5.74) is 0.153. The van der Waals surface area contributed by atoms with E-state index in [1.165, 1.54) is 6.92 Å². The molecule has 2 amide bonds. The van der Waals surface area contributed by atoms with Gasteiger partial charge in [0, 0.05) is 39.5 Å². The van der Waals surface area contributed by atoms with E-state index < -0.39 is 11.4 Å². The molecule has 0 radical (unpaired) electrons. The highest BCUT2D eigenvalue weighted by Crippen LogP contribution is 2.30. The molecule has 0 saturated carbocycles. The van der Waals surface area contributed by atoms with Crippen LogP contribution in [0.15, 0.2) is 30.3 Å². The van der Waals surface area contributed by atoms with Crippen molar-refractivity contribution in [2.45, 2.75) is 33.2 Å². The number of amides is 2. The third-order valence-corrected chi connectivity index (χ3v) is 4.60. The molecule has 1 N–H and O–H groups in total. The van der Waals surface area contributed by atoms with Gasteiger partial charge in [0.1, 0.15) is 0 Å². The van der Waals surface area contributed by atoms with Crippen LogP contribution in [0.1, 0.15) is 32.3 Å². The Bertz CT molecular complexity index is 617. The lowest BCUT2D eigenvalue weighted by Crippen LogP contribution is -2.37. The minimum Gasteiger partial charge on any atom is -0.481 e. The number of nitrogens with zero attached hydrogens (tertiary/aromatic N) is 2. The number of benzene rings is 1. The maximum atomic E-state index is 12.3. The van der Waals surface area contributed by atoms with Gasteiger partial charge in [-0.3, -0.25) is 14.4 Å². The largest absolute Gasteiger partial charge is 0.481 e. The van der Waals surface area contributed by atoms with Crippen LogP contribution in [0.3, 0.4) is 0 Å². The maximum Gasteiger partial charge on any atom is 0.311 e. The smallest absolute Gasteiger partial charge is 0.311 e. The Labute approximate surface area is 142 Å². The Morgan fingerprint density at radius 1 is 1.25 bits per heavy atom. The molecule has 0 aromatic heterocycles. The summed E-state index contributed by atoms with van der Waals surface area (Å²) in [6.07, 6.45) is 0.677. The van der Waals surface area contributed by atoms with Crippen LogP contribution in [0.5, 0.6) is 0 Å².